The fourth-order valence-corrected chi connectivity index (χ4v) is 1.52. The molecule has 0 aliphatic heterocycles. The second kappa shape index (κ2) is 12.1. The molecule has 0 fully saturated rings. The molecule has 0 rings (SSSR count). The molecule has 0 saturated heterocycles. The first-order valence-corrected chi connectivity index (χ1v) is 6.74. The molecule has 18 heavy (non-hydrogen) atoms. The van der Waals surface area contributed by atoms with Crippen LogP contribution in [0.3, 0.4) is 0 Å². The molecular weight excluding hydrogens is 228 g/mol. The molecule has 0 aromatic carbocycles. The maximum Gasteiger partial charge on any atom is 0.303 e. The van der Waals surface area contributed by atoms with Crippen molar-refractivity contribution >= 4 is 11.8 Å². The van der Waals surface area contributed by atoms with Gasteiger partial charge in [-0.05, 0) is 25.3 Å². The van der Waals surface area contributed by atoms with Crippen molar-refractivity contribution in [2.75, 3.05) is 0 Å². The van der Waals surface area contributed by atoms with Gasteiger partial charge in [-0.15, -0.1) is 0 Å². The van der Waals surface area contributed by atoms with E-state index in [0.29, 0.717) is 6.42 Å². The normalized spacial score (nSPS) is 11.4. The van der Waals surface area contributed by atoms with Crippen LogP contribution in [0.1, 0.15) is 58.3 Å². The summed E-state index contributed by atoms with van der Waals surface area (Å²) in [5.74, 6) is -0.551. The second-order valence-electron chi connectivity index (χ2n) is 4.31. The molecule has 3 nitrogen and oxygen atoms in total. The Balaban J connectivity index is 3.30. The molecule has 0 amide bonds. The van der Waals surface area contributed by atoms with Crippen molar-refractivity contribution in [3.05, 3.63) is 24.3 Å². The number of carbonyl (C=O) groups is 2. The number of carboxylic acid groups (broad SMARTS) is 1. The summed E-state index contributed by atoms with van der Waals surface area (Å²) in [6, 6.07) is 0. The maximum absolute atomic E-state index is 10.9. The Morgan fingerprint density at radius 1 is 1.00 bits per heavy atom. The van der Waals surface area contributed by atoms with Crippen molar-refractivity contribution in [2.24, 2.45) is 0 Å². The number of aliphatic carboxylic acids is 1. The van der Waals surface area contributed by atoms with Crippen molar-refractivity contribution in [2.45, 2.75) is 58.3 Å². The Bertz CT molecular complexity index is 290. The third kappa shape index (κ3) is 12.7. The first-order valence-electron chi connectivity index (χ1n) is 6.74. The Kier molecular flexibility index (Phi) is 11.2. The van der Waals surface area contributed by atoms with Crippen molar-refractivity contribution in [3.63, 3.8) is 0 Å². The van der Waals surface area contributed by atoms with Gasteiger partial charge in [-0.3, -0.25) is 9.59 Å². The van der Waals surface area contributed by atoms with E-state index in [1.165, 1.54) is 0 Å². The molecule has 0 spiro atoms. The Morgan fingerprint density at radius 2 is 1.67 bits per heavy atom. The van der Waals surface area contributed by atoms with Gasteiger partial charge in [0.1, 0.15) is 0 Å². The van der Waals surface area contributed by atoms with Crippen LogP contribution in [0.25, 0.3) is 0 Å². The molecule has 3 heteroatoms. The van der Waals surface area contributed by atoms with Gasteiger partial charge in [-0.25, -0.2) is 0 Å². The van der Waals surface area contributed by atoms with Crippen LogP contribution in [0.15, 0.2) is 24.3 Å². The lowest BCUT2D eigenvalue weighted by Gasteiger charge is -1.97. The smallest absolute Gasteiger partial charge is 0.303 e. The minimum atomic E-state index is -0.702. The highest BCUT2D eigenvalue weighted by atomic mass is 16.4. The Morgan fingerprint density at radius 3 is 2.33 bits per heavy atom. The quantitative estimate of drug-likeness (QED) is 0.345. The summed E-state index contributed by atoms with van der Waals surface area (Å²) in [7, 11) is 0. The number of unbranched alkanes of at least 4 members (excludes halogenated alkanes) is 5. The molecule has 0 aromatic heterocycles. The summed E-state index contributed by atoms with van der Waals surface area (Å²) in [4.78, 5) is 21.2. The molecule has 0 aliphatic carbocycles. The summed E-state index contributed by atoms with van der Waals surface area (Å²) in [5, 5.41) is 8.45. The predicted octanol–water partition coefficient (Wildman–Crippen LogP) is 3.89. The molecule has 0 saturated carbocycles. The average Bonchev–Trinajstić information content (AvgIpc) is 2.35. The number of carbonyl (C=O) groups excluding carboxylic acids is 1. The van der Waals surface area contributed by atoms with Gasteiger partial charge in [-0.1, -0.05) is 44.4 Å². The highest BCUT2D eigenvalue weighted by molar-refractivity contribution is 5.89. The van der Waals surface area contributed by atoms with Crippen LogP contribution in [-0.2, 0) is 9.59 Å². The molecule has 0 bridgehead atoms. The second-order valence-corrected chi connectivity index (χ2v) is 4.31. The Labute approximate surface area is 110 Å². The lowest BCUT2D eigenvalue weighted by atomic mass is 10.1. The van der Waals surface area contributed by atoms with Crippen LogP contribution in [-0.4, -0.2) is 16.9 Å². The standard InChI is InChI=1S/C15H24O3/c1-2-14(16)12-10-8-6-4-3-5-7-9-11-13-15(17)18/h6,8,10,12H,2-5,7,9,11,13H2,1H3,(H,17,18)/b8-6+,12-10+. The number of ketones is 1. The summed E-state index contributed by atoms with van der Waals surface area (Å²) in [6.45, 7) is 1.85. The average molecular weight is 252 g/mol. The van der Waals surface area contributed by atoms with E-state index < -0.39 is 5.97 Å². The molecule has 0 unspecified atom stereocenters. The van der Waals surface area contributed by atoms with E-state index in [1.54, 1.807) is 12.2 Å². The minimum Gasteiger partial charge on any atom is -0.481 e. The highest BCUT2D eigenvalue weighted by Gasteiger charge is 1.95. The van der Waals surface area contributed by atoms with Crippen LogP contribution in [0.5, 0.6) is 0 Å². The zero-order valence-electron chi connectivity index (χ0n) is 11.2. The van der Waals surface area contributed by atoms with Crippen molar-refractivity contribution in [1.82, 2.24) is 0 Å². The monoisotopic (exact) mass is 252 g/mol. The third-order valence-electron chi connectivity index (χ3n) is 2.64. The molecule has 0 aromatic rings. The van der Waals surface area contributed by atoms with Gasteiger partial charge in [-0.2, -0.15) is 0 Å². The summed E-state index contributed by atoms with van der Waals surface area (Å²) in [6.07, 6.45) is 14.4. The van der Waals surface area contributed by atoms with Crippen LogP contribution in [0.4, 0.5) is 0 Å². The number of hydrogen-bond donors (Lipinski definition) is 1. The number of carboxylic acids is 1. The number of allylic oxidation sites excluding steroid dienone is 4. The third-order valence-corrected chi connectivity index (χ3v) is 2.64. The van der Waals surface area contributed by atoms with Crippen LogP contribution < -0.4 is 0 Å². The Hall–Kier alpha value is -1.38. The van der Waals surface area contributed by atoms with E-state index in [9.17, 15) is 9.59 Å². The van der Waals surface area contributed by atoms with E-state index in [1.807, 2.05) is 13.0 Å². The SMILES string of the molecule is CCC(=O)/C=C/C=C/CCCCCCCC(=O)O. The van der Waals surface area contributed by atoms with Crippen LogP contribution in [0, 0.1) is 0 Å². The number of hydrogen-bond acceptors (Lipinski definition) is 2. The van der Waals surface area contributed by atoms with Crippen molar-refractivity contribution < 1.29 is 14.7 Å². The number of rotatable bonds is 11. The lowest BCUT2D eigenvalue weighted by molar-refractivity contribution is -0.137. The molecule has 0 atom stereocenters. The summed E-state index contributed by atoms with van der Waals surface area (Å²) < 4.78 is 0. The fourth-order valence-electron chi connectivity index (χ4n) is 1.52. The molecule has 0 heterocycles. The van der Waals surface area contributed by atoms with E-state index in [4.69, 9.17) is 5.11 Å². The molecule has 102 valence electrons. The first-order chi connectivity index (χ1) is 8.66. The fraction of sp³-hybridized carbons (Fsp3) is 0.600. The summed E-state index contributed by atoms with van der Waals surface area (Å²) in [5.41, 5.74) is 0. The van der Waals surface area contributed by atoms with E-state index in [0.717, 1.165) is 38.5 Å². The molecule has 0 aliphatic rings. The van der Waals surface area contributed by atoms with E-state index in [2.05, 4.69) is 6.08 Å². The maximum atomic E-state index is 10.9. The van der Waals surface area contributed by atoms with Crippen molar-refractivity contribution in [3.8, 4) is 0 Å². The van der Waals surface area contributed by atoms with Gasteiger partial charge in [0.25, 0.3) is 0 Å². The van der Waals surface area contributed by atoms with E-state index >= 15 is 0 Å². The largest absolute Gasteiger partial charge is 0.481 e. The minimum absolute atomic E-state index is 0.151. The zero-order chi connectivity index (χ0) is 13.6. The van der Waals surface area contributed by atoms with Crippen LogP contribution >= 0.6 is 0 Å². The van der Waals surface area contributed by atoms with Crippen molar-refractivity contribution in [1.29, 1.82) is 0 Å². The molecule has 1 N–H and O–H groups in total. The van der Waals surface area contributed by atoms with E-state index in [-0.39, 0.29) is 12.2 Å². The van der Waals surface area contributed by atoms with Gasteiger partial charge in [0.2, 0.25) is 0 Å². The van der Waals surface area contributed by atoms with Gasteiger partial charge in [0, 0.05) is 12.8 Å². The zero-order valence-corrected chi connectivity index (χ0v) is 11.2. The highest BCUT2D eigenvalue weighted by Crippen LogP contribution is 2.07. The van der Waals surface area contributed by atoms with Gasteiger partial charge >= 0.3 is 5.97 Å². The van der Waals surface area contributed by atoms with Gasteiger partial charge in [0.05, 0.1) is 0 Å². The molecule has 0 radical (unpaired) electrons. The van der Waals surface area contributed by atoms with Gasteiger partial charge in [0.15, 0.2) is 5.78 Å². The summed E-state index contributed by atoms with van der Waals surface area (Å²) >= 11 is 0. The molecular formula is C15H24O3. The lowest BCUT2D eigenvalue weighted by Crippen LogP contribution is -1.93. The predicted molar refractivity (Wildman–Crippen MR) is 73.5 cm³/mol. The van der Waals surface area contributed by atoms with Gasteiger partial charge < -0.3 is 5.11 Å². The first kappa shape index (κ1) is 16.6. The topological polar surface area (TPSA) is 54.4 Å². The van der Waals surface area contributed by atoms with Crippen LogP contribution in [0.2, 0.25) is 0 Å².